The average molecular weight is 441 g/mol. The number of carbonyl (C=O) groups excluding carboxylic acids is 1. The van der Waals surface area contributed by atoms with Gasteiger partial charge in [0.05, 0.1) is 29.4 Å². The summed E-state index contributed by atoms with van der Waals surface area (Å²) in [5, 5.41) is 8.83. The molecule has 0 N–H and O–H groups in total. The molecule has 1 aromatic carbocycles. The first-order chi connectivity index (χ1) is 13.0. The minimum Gasteiger partial charge on any atom is -0.465 e. The quantitative estimate of drug-likeness (QED) is 0.387. The van der Waals surface area contributed by atoms with Crippen LogP contribution in [0.2, 0.25) is 0 Å². The van der Waals surface area contributed by atoms with Gasteiger partial charge in [-0.1, -0.05) is 0 Å². The maximum Gasteiger partial charge on any atom is 0.383 e. The number of carbonyl (C=O) groups is 1. The van der Waals surface area contributed by atoms with Crippen LogP contribution in [0.1, 0.15) is 29.5 Å². The summed E-state index contributed by atoms with van der Waals surface area (Å²) in [6.07, 6.45) is 0. The van der Waals surface area contributed by atoms with Gasteiger partial charge in [-0.2, -0.15) is 40.4 Å². The predicted molar refractivity (Wildman–Crippen MR) is 69.0 cm³/mol. The van der Waals surface area contributed by atoms with Crippen LogP contribution in [0.15, 0.2) is 0 Å². The molecule has 0 amide bonds. The molecular weight excluding hydrogens is 435 g/mol. The first kappa shape index (κ1) is 22.7. The van der Waals surface area contributed by atoms with Crippen LogP contribution in [0.25, 0.3) is 0 Å². The SMILES string of the molecule is CCOC(=O)C(C#N)c1c(F)c(F)c2c(c1F)C(F)(F)C(F)(F)C(F)(F)C2(F)F. The monoisotopic (exact) mass is 441 g/mol. The van der Waals surface area contributed by atoms with Crippen LogP contribution in [0.3, 0.4) is 0 Å². The molecule has 0 saturated carbocycles. The molecule has 1 aliphatic rings. The second-order valence-corrected chi connectivity index (χ2v) is 5.72. The molecule has 1 aromatic rings. The lowest BCUT2D eigenvalue weighted by atomic mass is 9.77. The molecule has 0 spiro atoms. The lowest BCUT2D eigenvalue weighted by Gasteiger charge is -2.43. The number of hydrogen-bond donors (Lipinski definition) is 0. The number of ether oxygens (including phenoxy) is 1. The maximum absolute atomic E-state index is 14.5. The van der Waals surface area contributed by atoms with Crippen molar-refractivity contribution in [2.75, 3.05) is 6.61 Å². The van der Waals surface area contributed by atoms with Gasteiger partial charge in [0.15, 0.2) is 17.6 Å². The summed E-state index contributed by atoms with van der Waals surface area (Å²) in [4.78, 5) is 11.6. The highest BCUT2D eigenvalue weighted by Crippen LogP contribution is 2.65. The third-order valence-corrected chi connectivity index (χ3v) is 4.11. The van der Waals surface area contributed by atoms with Gasteiger partial charge in [-0.15, -0.1) is 0 Å². The molecule has 0 heterocycles. The zero-order valence-corrected chi connectivity index (χ0v) is 13.7. The molecule has 0 radical (unpaired) electrons. The van der Waals surface area contributed by atoms with Crippen LogP contribution in [0.5, 0.6) is 0 Å². The molecule has 0 saturated heterocycles. The summed E-state index contributed by atoms with van der Waals surface area (Å²) >= 11 is 0. The van der Waals surface area contributed by atoms with Crippen molar-refractivity contribution >= 4 is 5.97 Å². The molecular formula is C15H6F11NO2. The van der Waals surface area contributed by atoms with Gasteiger partial charge < -0.3 is 4.74 Å². The number of rotatable bonds is 3. The van der Waals surface area contributed by atoms with E-state index >= 15 is 0 Å². The number of hydrogen-bond acceptors (Lipinski definition) is 3. The summed E-state index contributed by atoms with van der Waals surface area (Å²) < 4.78 is 156. The molecule has 3 nitrogen and oxygen atoms in total. The van der Waals surface area contributed by atoms with E-state index in [1.165, 1.54) is 0 Å². The number of esters is 1. The van der Waals surface area contributed by atoms with Gasteiger partial charge >= 0.3 is 29.7 Å². The minimum atomic E-state index is -6.95. The molecule has 0 bridgehead atoms. The number of alkyl halides is 8. The second-order valence-electron chi connectivity index (χ2n) is 5.72. The number of halogens is 11. The van der Waals surface area contributed by atoms with Crippen LogP contribution >= 0.6 is 0 Å². The van der Waals surface area contributed by atoms with Gasteiger partial charge in [-0.25, -0.2) is 13.2 Å². The normalized spacial score (nSPS) is 21.6. The first-order valence-corrected chi connectivity index (χ1v) is 7.32. The molecule has 2 rings (SSSR count). The van der Waals surface area contributed by atoms with Crippen LogP contribution in [0.4, 0.5) is 48.3 Å². The van der Waals surface area contributed by atoms with Crippen LogP contribution in [-0.4, -0.2) is 24.4 Å². The fourth-order valence-electron chi connectivity index (χ4n) is 2.69. The smallest absolute Gasteiger partial charge is 0.383 e. The van der Waals surface area contributed by atoms with E-state index in [2.05, 4.69) is 4.74 Å². The predicted octanol–water partition coefficient (Wildman–Crippen LogP) is 4.74. The van der Waals surface area contributed by atoms with Gasteiger partial charge in [0.25, 0.3) is 0 Å². The summed E-state index contributed by atoms with van der Waals surface area (Å²) in [5.74, 6) is -40.8. The van der Waals surface area contributed by atoms with E-state index in [1.807, 2.05) is 0 Å². The Balaban J connectivity index is 3.04. The van der Waals surface area contributed by atoms with Crippen molar-refractivity contribution in [1.29, 1.82) is 5.26 Å². The molecule has 0 fully saturated rings. The van der Waals surface area contributed by atoms with Crippen molar-refractivity contribution in [3.8, 4) is 6.07 Å². The Morgan fingerprint density at radius 3 is 1.69 bits per heavy atom. The second kappa shape index (κ2) is 6.46. The highest BCUT2D eigenvalue weighted by molar-refractivity contribution is 5.81. The van der Waals surface area contributed by atoms with Crippen molar-refractivity contribution in [2.24, 2.45) is 0 Å². The van der Waals surface area contributed by atoms with Crippen molar-refractivity contribution in [3.05, 3.63) is 34.1 Å². The Labute approximate surface area is 153 Å². The molecule has 1 unspecified atom stereocenters. The number of benzene rings is 1. The lowest BCUT2D eigenvalue weighted by molar-refractivity contribution is -0.387. The number of nitrogens with zero attached hydrogens (tertiary/aromatic N) is 1. The van der Waals surface area contributed by atoms with Gasteiger partial charge in [0, 0.05) is 0 Å². The Hall–Kier alpha value is -2.59. The van der Waals surface area contributed by atoms with Crippen LogP contribution in [0, 0.1) is 28.8 Å². The number of fused-ring (bicyclic) bond motifs is 1. The van der Waals surface area contributed by atoms with E-state index in [9.17, 15) is 53.1 Å². The van der Waals surface area contributed by atoms with E-state index in [-0.39, 0.29) is 0 Å². The van der Waals surface area contributed by atoms with E-state index in [0.29, 0.717) is 0 Å². The first-order valence-electron chi connectivity index (χ1n) is 7.32. The van der Waals surface area contributed by atoms with E-state index in [0.717, 1.165) is 13.0 Å². The molecule has 1 aliphatic carbocycles. The third kappa shape index (κ3) is 2.58. The Morgan fingerprint density at radius 2 is 1.31 bits per heavy atom. The third-order valence-electron chi connectivity index (χ3n) is 4.11. The van der Waals surface area contributed by atoms with Gasteiger partial charge in [-0.05, 0) is 6.92 Å². The summed E-state index contributed by atoms with van der Waals surface area (Å²) in [6.45, 7) is 0.566. The van der Waals surface area contributed by atoms with E-state index in [4.69, 9.17) is 5.26 Å². The maximum atomic E-state index is 14.5. The van der Waals surface area contributed by atoms with Crippen molar-refractivity contribution < 1.29 is 57.8 Å². The fraction of sp³-hybridized carbons (Fsp3) is 0.467. The standard InChI is InChI=1S/C15H6F11NO2/c1-2-29-11(28)4(3-27)5-8(16)6-7(10(18)9(5)17)13(21,22)15(25,26)14(23,24)12(6,19)20/h4H,2H2,1H3. The summed E-state index contributed by atoms with van der Waals surface area (Å²) in [7, 11) is 0. The van der Waals surface area contributed by atoms with Gasteiger partial charge in [0.1, 0.15) is 5.82 Å². The molecule has 160 valence electrons. The summed E-state index contributed by atoms with van der Waals surface area (Å²) in [5.41, 5.74) is -8.91. The molecule has 0 aromatic heterocycles. The van der Waals surface area contributed by atoms with Crippen molar-refractivity contribution in [2.45, 2.75) is 36.5 Å². The van der Waals surface area contributed by atoms with E-state index < -0.39 is 76.3 Å². The Morgan fingerprint density at radius 1 is 0.897 bits per heavy atom. The Kier molecular flexibility index (Phi) is 5.06. The average Bonchev–Trinajstić information content (AvgIpc) is 2.59. The zero-order chi connectivity index (χ0) is 22.7. The Bertz CT molecular complexity index is 920. The molecule has 29 heavy (non-hydrogen) atoms. The van der Waals surface area contributed by atoms with Crippen molar-refractivity contribution in [3.63, 3.8) is 0 Å². The van der Waals surface area contributed by atoms with E-state index in [1.54, 1.807) is 0 Å². The topological polar surface area (TPSA) is 50.1 Å². The molecule has 1 atom stereocenters. The van der Waals surface area contributed by atoms with Crippen LogP contribution in [-0.2, 0) is 21.4 Å². The largest absolute Gasteiger partial charge is 0.465 e. The van der Waals surface area contributed by atoms with Gasteiger partial charge in [-0.3, -0.25) is 4.79 Å². The molecule has 0 aliphatic heterocycles. The van der Waals surface area contributed by atoms with Crippen LogP contribution < -0.4 is 0 Å². The van der Waals surface area contributed by atoms with Crippen molar-refractivity contribution in [1.82, 2.24) is 0 Å². The fourth-order valence-corrected chi connectivity index (χ4v) is 2.69. The zero-order valence-electron chi connectivity index (χ0n) is 13.7. The minimum absolute atomic E-state index is 0.549. The lowest BCUT2D eigenvalue weighted by Crippen LogP contribution is -2.64. The highest BCUT2D eigenvalue weighted by atomic mass is 19.4. The highest BCUT2D eigenvalue weighted by Gasteiger charge is 2.86. The molecule has 14 heteroatoms. The van der Waals surface area contributed by atoms with Gasteiger partial charge in [0.2, 0.25) is 0 Å². The number of nitriles is 1. The summed E-state index contributed by atoms with van der Waals surface area (Å²) in [6, 6.07) is 0.814.